The number of thiophene rings is 1. The number of aliphatic hydroxyl groups is 2. The van der Waals surface area contributed by atoms with E-state index in [0.717, 1.165) is 21.0 Å². The van der Waals surface area contributed by atoms with Gasteiger partial charge in [0.2, 0.25) is 0 Å². The van der Waals surface area contributed by atoms with E-state index < -0.39 is 0 Å². The third kappa shape index (κ3) is 3.22. The zero-order valence-corrected chi connectivity index (χ0v) is 12.6. The molecule has 0 aliphatic rings. The molecule has 5 nitrogen and oxygen atoms in total. The Balaban J connectivity index is 2.50. The zero-order valence-electron chi connectivity index (χ0n) is 11.8. The number of aliphatic hydroxyl groups excluding tert-OH is 2. The quantitative estimate of drug-likeness (QED) is 0.850. The summed E-state index contributed by atoms with van der Waals surface area (Å²) in [4.78, 5) is 6.87. The molecular weight excluding hydrogens is 286 g/mol. The minimum Gasteiger partial charge on any atom is -0.395 e. The third-order valence-electron chi connectivity index (χ3n) is 3.21. The fourth-order valence-electron chi connectivity index (χ4n) is 2.19. The van der Waals surface area contributed by atoms with Gasteiger partial charge in [-0.15, -0.1) is 11.3 Å². The van der Waals surface area contributed by atoms with E-state index in [-0.39, 0.29) is 13.2 Å². The van der Waals surface area contributed by atoms with Gasteiger partial charge in [-0.05, 0) is 30.2 Å². The van der Waals surface area contributed by atoms with Gasteiger partial charge in [-0.2, -0.15) is 5.26 Å². The van der Waals surface area contributed by atoms with Gasteiger partial charge in [-0.1, -0.05) is 0 Å². The molecule has 2 heterocycles. The van der Waals surface area contributed by atoms with E-state index in [1.165, 1.54) is 11.3 Å². The number of nitriles is 1. The molecule has 0 bridgehead atoms. The van der Waals surface area contributed by atoms with Crippen molar-refractivity contribution in [2.45, 2.75) is 6.92 Å². The van der Waals surface area contributed by atoms with E-state index in [2.05, 4.69) is 11.1 Å². The van der Waals surface area contributed by atoms with Crippen LogP contribution in [0.15, 0.2) is 24.5 Å². The van der Waals surface area contributed by atoms with Gasteiger partial charge in [-0.25, -0.2) is 0 Å². The topological polar surface area (TPSA) is 80.4 Å². The minimum atomic E-state index is -0.0214. The lowest BCUT2D eigenvalue weighted by atomic mass is 10.1. The molecule has 0 atom stereocenters. The highest BCUT2D eigenvalue weighted by molar-refractivity contribution is 7.20. The summed E-state index contributed by atoms with van der Waals surface area (Å²) in [7, 11) is 0. The van der Waals surface area contributed by atoms with Crippen LogP contribution in [0.5, 0.6) is 0 Å². The number of rotatable bonds is 6. The Labute approximate surface area is 127 Å². The van der Waals surface area contributed by atoms with Crippen molar-refractivity contribution in [3.63, 3.8) is 0 Å². The van der Waals surface area contributed by atoms with Gasteiger partial charge < -0.3 is 15.1 Å². The predicted octanol–water partition coefficient (Wildman–Crippen LogP) is 1.78. The second-order valence-electron chi connectivity index (χ2n) is 4.52. The van der Waals surface area contributed by atoms with Gasteiger partial charge in [0, 0.05) is 30.4 Å². The van der Waals surface area contributed by atoms with Crippen LogP contribution in [-0.4, -0.2) is 41.5 Å². The van der Waals surface area contributed by atoms with Crippen LogP contribution in [0.2, 0.25) is 0 Å². The highest BCUT2D eigenvalue weighted by Crippen LogP contribution is 2.41. The first-order chi connectivity index (χ1) is 10.2. The highest BCUT2D eigenvalue weighted by Gasteiger charge is 2.20. The Hall–Kier alpha value is -1.94. The standard InChI is InChI=1S/C15H17N3O2S/c1-11-13(10-16)15(18(6-8-19)7-9-20)21-14(11)12-2-4-17-5-3-12/h2-5,19-20H,6-9H2,1H3. The summed E-state index contributed by atoms with van der Waals surface area (Å²) < 4.78 is 0. The molecule has 0 saturated heterocycles. The second kappa shape index (κ2) is 7.18. The largest absolute Gasteiger partial charge is 0.395 e. The molecule has 2 aromatic rings. The van der Waals surface area contributed by atoms with Gasteiger partial charge in [0.25, 0.3) is 0 Å². The predicted molar refractivity (Wildman–Crippen MR) is 83.4 cm³/mol. The highest BCUT2D eigenvalue weighted by atomic mass is 32.1. The van der Waals surface area contributed by atoms with Crippen LogP contribution in [0, 0.1) is 18.3 Å². The summed E-state index contributed by atoms with van der Waals surface area (Å²) >= 11 is 1.51. The molecule has 0 saturated carbocycles. The maximum Gasteiger partial charge on any atom is 0.110 e. The second-order valence-corrected chi connectivity index (χ2v) is 5.52. The van der Waals surface area contributed by atoms with Gasteiger partial charge >= 0.3 is 0 Å². The summed E-state index contributed by atoms with van der Waals surface area (Å²) in [5.41, 5.74) is 2.54. The van der Waals surface area contributed by atoms with Crippen molar-refractivity contribution in [3.8, 4) is 16.5 Å². The number of aromatic nitrogens is 1. The summed E-state index contributed by atoms with van der Waals surface area (Å²) in [6, 6.07) is 6.06. The molecular formula is C15H17N3O2S. The van der Waals surface area contributed by atoms with Crippen LogP contribution in [0.3, 0.4) is 0 Å². The summed E-state index contributed by atoms with van der Waals surface area (Å²) in [6.45, 7) is 2.67. The average Bonchev–Trinajstić information content (AvgIpc) is 2.84. The van der Waals surface area contributed by atoms with Gasteiger partial charge in [0.15, 0.2) is 0 Å². The lowest BCUT2D eigenvalue weighted by Crippen LogP contribution is -2.29. The molecule has 0 fully saturated rings. The van der Waals surface area contributed by atoms with Crippen molar-refractivity contribution in [3.05, 3.63) is 35.7 Å². The summed E-state index contributed by atoms with van der Waals surface area (Å²) in [5.74, 6) is 0. The number of hydrogen-bond donors (Lipinski definition) is 2. The van der Waals surface area contributed by atoms with E-state index in [0.29, 0.717) is 18.7 Å². The van der Waals surface area contributed by atoms with Gasteiger partial charge in [0.05, 0.1) is 18.8 Å². The van der Waals surface area contributed by atoms with Crippen molar-refractivity contribution in [2.24, 2.45) is 0 Å². The van der Waals surface area contributed by atoms with Crippen molar-refractivity contribution < 1.29 is 10.2 Å². The van der Waals surface area contributed by atoms with Crippen molar-refractivity contribution >= 4 is 16.3 Å². The van der Waals surface area contributed by atoms with E-state index in [1.807, 2.05) is 24.0 Å². The molecule has 0 aliphatic carbocycles. The first-order valence-corrected chi connectivity index (χ1v) is 7.45. The van der Waals surface area contributed by atoms with Crippen LogP contribution in [0.4, 0.5) is 5.00 Å². The Bertz CT molecular complexity index is 628. The Morgan fingerprint density at radius 2 is 1.86 bits per heavy atom. The first-order valence-electron chi connectivity index (χ1n) is 6.63. The molecule has 2 N–H and O–H groups in total. The Morgan fingerprint density at radius 1 is 1.24 bits per heavy atom. The van der Waals surface area contributed by atoms with Gasteiger partial charge in [-0.3, -0.25) is 4.98 Å². The maximum absolute atomic E-state index is 9.44. The third-order valence-corrected chi connectivity index (χ3v) is 4.61. The molecule has 2 rings (SSSR count). The molecule has 0 aromatic carbocycles. The Morgan fingerprint density at radius 3 is 2.38 bits per heavy atom. The van der Waals surface area contributed by atoms with E-state index in [9.17, 15) is 15.5 Å². The molecule has 0 aliphatic heterocycles. The number of pyridine rings is 1. The van der Waals surface area contributed by atoms with Crippen LogP contribution in [0.25, 0.3) is 10.4 Å². The van der Waals surface area contributed by atoms with E-state index >= 15 is 0 Å². The monoisotopic (exact) mass is 303 g/mol. The average molecular weight is 303 g/mol. The Kier molecular flexibility index (Phi) is 5.28. The molecule has 0 radical (unpaired) electrons. The van der Waals surface area contributed by atoms with E-state index in [1.54, 1.807) is 12.4 Å². The lowest BCUT2D eigenvalue weighted by Gasteiger charge is -2.21. The van der Waals surface area contributed by atoms with Gasteiger partial charge in [0.1, 0.15) is 11.1 Å². The zero-order chi connectivity index (χ0) is 15.2. The molecule has 6 heteroatoms. The fourth-order valence-corrected chi connectivity index (χ4v) is 3.50. The molecule has 21 heavy (non-hydrogen) atoms. The first kappa shape index (κ1) is 15.4. The smallest absolute Gasteiger partial charge is 0.110 e. The number of nitrogens with zero attached hydrogens (tertiary/aromatic N) is 3. The summed E-state index contributed by atoms with van der Waals surface area (Å²) in [6.07, 6.45) is 3.44. The van der Waals surface area contributed by atoms with Crippen LogP contribution in [-0.2, 0) is 0 Å². The number of hydrogen-bond acceptors (Lipinski definition) is 6. The molecule has 2 aromatic heterocycles. The maximum atomic E-state index is 9.44. The SMILES string of the molecule is Cc1c(-c2ccncc2)sc(N(CCO)CCO)c1C#N. The lowest BCUT2D eigenvalue weighted by molar-refractivity contribution is 0.281. The molecule has 0 spiro atoms. The van der Waals surface area contributed by atoms with Crippen molar-refractivity contribution in [1.82, 2.24) is 4.98 Å². The molecule has 110 valence electrons. The normalized spacial score (nSPS) is 10.4. The van der Waals surface area contributed by atoms with Crippen LogP contribution < -0.4 is 4.90 Å². The minimum absolute atomic E-state index is 0.0214. The fraction of sp³-hybridized carbons (Fsp3) is 0.333. The molecule has 0 amide bonds. The van der Waals surface area contributed by atoms with E-state index in [4.69, 9.17) is 0 Å². The number of anilines is 1. The van der Waals surface area contributed by atoms with Crippen molar-refractivity contribution in [2.75, 3.05) is 31.2 Å². The molecule has 0 unspecified atom stereocenters. The van der Waals surface area contributed by atoms with Crippen LogP contribution in [0.1, 0.15) is 11.1 Å². The van der Waals surface area contributed by atoms with Crippen molar-refractivity contribution in [1.29, 1.82) is 5.26 Å². The van der Waals surface area contributed by atoms with Crippen LogP contribution >= 0.6 is 11.3 Å². The summed E-state index contributed by atoms with van der Waals surface area (Å²) in [5, 5.41) is 28.6.